The van der Waals surface area contributed by atoms with Gasteiger partial charge in [0.1, 0.15) is 16.5 Å². The molecule has 6 heteroatoms. The Kier molecular flexibility index (Phi) is 3.60. The second-order valence-corrected chi connectivity index (χ2v) is 5.24. The molecule has 0 aliphatic rings. The van der Waals surface area contributed by atoms with E-state index in [2.05, 4.69) is 0 Å². The summed E-state index contributed by atoms with van der Waals surface area (Å²) >= 11 is 0. The second kappa shape index (κ2) is 4.58. The topological polar surface area (TPSA) is 57.9 Å². The van der Waals surface area contributed by atoms with E-state index >= 15 is 0 Å². The molecular formula is C10H9F2NO2S. The van der Waals surface area contributed by atoms with Gasteiger partial charge >= 0.3 is 0 Å². The molecule has 0 N–H and O–H groups in total. The first-order valence-corrected chi connectivity index (χ1v) is 6.06. The van der Waals surface area contributed by atoms with Crippen LogP contribution in [0.1, 0.15) is 13.3 Å². The van der Waals surface area contributed by atoms with Crippen LogP contribution in [0.25, 0.3) is 0 Å². The molecule has 0 bridgehead atoms. The first-order valence-electron chi connectivity index (χ1n) is 4.52. The quantitative estimate of drug-likeness (QED) is 0.818. The summed E-state index contributed by atoms with van der Waals surface area (Å²) in [4.78, 5) is -0.763. The fourth-order valence-corrected chi connectivity index (χ4v) is 2.73. The van der Waals surface area contributed by atoms with Crippen LogP contribution in [-0.4, -0.2) is 13.7 Å². The third-order valence-corrected chi connectivity index (χ3v) is 4.20. The van der Waals surface area contributed by atoms with E-state index in [1.807, 2.05) is 0 Å². The SMILES string of the molecule is CCC(C#N)S(=O)(=O)c1cc(F)ccc1F. The highest BCUT2D eigenvalue weighted by Gasteiger charge is 2.29. The number of hydrogen-bond donors (Lipinski definition) is 0. The molecule has 0 saturated heterocycles. The van der Waals surface area contributed by atoms with Crippen molar-refractivity contribution < 1.29 is 17.2 Å². The molecule has 0 saturated carbocycles. The summed E-state index contributed by atoms with van der Waals surface area (Å²) in [6, 6.07) is 3.70. The molecule has 1 aromatic rings. The molecule has 0 heterocycles. The van der Waals surface area contributed by atoms with Gasteiger partial charge < -0.3 is 0 Å². The molecular weight excluding hydrogens is 236 g/mol. The minimum Gasteiger partial charge on any atom is -0.222 e. The van der Waals surface area contributed by atoms with Gasteiger partial charge in [0, 0.05) is 0 Å². The Balaban J connectivity index is 3.39. The van der Waals surface area contributed by atoms with E-state index in [0.29, 0.717) is 6.07 Å². The highest BCUT2D eigenvalue weighted by molar-refractivity contribution is 7.92. The Bertz CT molecular complexity index is 534. The van der Waals surface area contributed by atoms with Crippen LogP contribution < -0.4 is 0 Å². The van der Waals surface area contributed by atoms with Crippen molar-refractivity contribution in [3.63, 3.8) is 0 Å². The number of benzene rings is 1. The summed E-state index contributed by atoms with van der Waals surface area (Å²) in [5.41, 5.74) is 0. The number of sulfone groups is 1. The largest absolute Gasteiger partial charge is 0.222 e. The van der Waals surface area contributed by atoms with Gasteiger partial charge in [0.15, 0.2) is 15.1 Å². The van der Waals surface area contributed by atoms with Crippen LogP contribution >= 0.6 is 0 Å². The molecule has 3 nitrogen and oxygen atoms in total. The van der Waals surface area contributed by atoms with Crippen LogP contribution in [0.3, 0.4) is 0 Å². The van der Waals surface area contributed by atoms with Gasteiger partial charge in [-0.1, -0.05) is 6.92 Å². The molecule has 0 aliphatic heterocycles. The maximum Gasteiger partial charge on any atom is 0.197 e. The fraction of sp³-hybridized carbons (Fsp3) is 0.300. The van der Waals surface area contributed by atoms with E-state index in [0.717, 1.165) is 12.1 Å². The van der Waals surface area contributed by atoms with Gasteiger partial charge in [-0.15, -0.1) is 0 Å². The van der Waals surface area contributed by atoms with Gasteiger partial charge in [-0.25, -0.2) is 17.2 Å². The summed E-state index contributed by atoms with van der Waals surface area (Å²) in [5, 5.41) is 7.28. The van der Waals surface area contributed by atoms with Gasteiger partial charge in [-0.2, -0.15) is 5.26 Å². The lowest BCUT2D eigenvalue weighted by Crippen LogP contribution is -2.20. The van der Waals surface area contributed by atoms with Crippen molar-refractivity contribution in [1.29, 1.82) is 5.26 Å². The smallest absolute Gasteiger partial charge is 0.197 e. The molecule has 0 aromatic heterocycles. The van der Waals surface area contributed by atoms with Crippen molar-refractivity contribution in [3.05, 3.63) is 29.8 Å². The molecule has 0 fully saturated rings. The first-order chi connectivity index (χ1) is 7.43. The van der Waals surface area contributed by atoms with Gasteiger partial charge in [0.2, 0.25) is 0 Å². The maximum atomic E-state index is 13.2. The third-order valence-electron chi connectivity index (χ3n) is 2.09. The Labute approximate surface area is 92.2 Å². The number of hydrogen-bond acceptors (Lipinski definition) is 3. The molecule has 0 aliphatic carbocycles. The average molecular weight is 245 g/mol. The van der Waals surface area contributed by atoms with E-state index in [-0.39, 0.29) is 6.42 Å². The lowest BCUT2D eigenvalue weighted by atomic mass is 10.3. The predicted octanol–water partition coefficient (Wildman–Crippen LogP) is 2.04. The predicted molar refractivity (Wildman–Crippen MR) is 53.2 cm³/mol. The van der Waals surface area contributed by atoms with E-state index < -0.39 is 31.6 Å². The summed E-state index contributed by atoms with van der Waals surface area (Å²) in [6.45, 7) is 1.49. The number of nitrogens with zero attached hydrogens (tertiary/aromatic N) is 1. The molecule has 0 amide bonds. The monoisotopic (exact) mass is 245 g/mol. The van der Waals surface area contributed by atoms with Gasteiger partial charge in [0.05, 0.1) is 6.07 Å². The molecule has 16 heavy (non-hydrogen) atoms. The zero-order valence-corrected chi connectivity index (χ0v) is 9.26. The van der Waals surface area contributed by atoms with Crippen molar-refractivity contribution in [1.82, 2.24) is 0 Å². The van der Waals surface area contributed by atoms with Crippen LogP contribution in [0.15, 0.2) is 23.1 Å². The van der Waals surface area contributed by atoms with Crippen LogP contribution in [0.2, 0.25) is 0 Å². The van der Waals surface area contributed by atoms with Crippen molar-refractivity contribution in [3.8, 4) is 6.07 Å². The Hall–Kier alpha value is -1.48. The molecule has 1 unspecified atom stereocenters. The first kappa shape index (κ1) is 12.6. The third kappa shape index (κ3) is 2.19. The van der Waals surface area contributed by atoms with Crippen molar-refractivity contribution in [2.75, 3.05) is 0 Å². The zero-order chi connectivity index (χ0) is 12.3. The normalized spacial score (nSPS) is 13.1. The molecule has 0 spiro atoms. The van der Waals surface area contributed by atoms with Gasteiger partial charge in [0.25, 0.3) is 0 Å². The summed E-state index contributed by atoms with van der Waals surface area (Å²) in [6.07, 6.45) is 0.0226. The molecule has 1 aromatic carbocycles. The molecule has 1 rings (SSSR count). The van der Waals surface area contributed by atoms with Crippen LogP contribution in [-0.2, 0) is 9.84 Å². The van der Waals surface area contributed by atoms with E-state index in [1.54, 1.807) is 6.07 Å². The van der Waals surface area contributed by atoms with Crippen LogP contribution in [0, 0.1) is 23.0 Å². The Morgan fingerprint density at radius 3 is 2.56 bits per heavy atom. The van der Waals surface area contributed by atoms with E-state index in [4.69, 9.17) is 5.26 Å². The minimum atomic E-state index is -4.13. The van der Waals surface area contributed by atoms with Crippen molar-refractivity contribution >= 4 is 9.84 Å². The summed E-state index contributed by atoms with van der Waals surface area (Å²) in [7, 11) is -4.13. The zero-order valence-electron chi connectivity index (χ0n) is 8.44. The van der Waals surface area contributed by atoms with Gasteiger partial charge in [-0.3, -0.25) is 0 Å². The van der Waals surface area contributed by atoms with Crippen molar-refractivity contribution in [2.24, 2.45) is 0 Å². The average Bonchev–Trinajstić information content (AvgIpc) is 2.23. The Morgan fingerprint density at radius 1 is 1.44 bits per heavy atom. The number of halogens is 2. The highest BCUT2D eigenvalue weighted by Crippen LogP contribution is 2.21. The summed E-state index contributed by atoms with van der Waals surface area (Å²) in [5.74, 6) is -1.90. The van der Waals surface area contributed by atoms with Crippen LogP contribution in [0.5, 0.6) is 0 Å². The standard InChI is InChI=1S/C10H9F2NO2S/c1-2-8(6-13)16(14,15)10-5-7(11)3-4-9(10)12/h3-5,8H,2H2,1H3. The van der Waals surface area contributed by atoms with Crippen molar-refractivity contribution in [2.45, 2.75) is 23.5 Å². The molecule has 1 atom stereocenters. The molecule has 86 valence electrons. The highest BCUT2D eigenvalue weighted by atomic mass is 32.2. The fourth-order valence-electron chi connectivity index (χ4n) is 1.23. The molecule has 0 radical (unpaired) electrons. The summed E-state index contributed by atoms with van der Waals surface area (Å²) < 4.78 is 49.6. The second-order valence-electron chi connectivity index (χ2n) is 3.15. The van der Waals surface area contributed by atoms with E-state index in [9.17, 15) is 17.2 Å². The number of nitriles is 1. The van der Waals surface area contributed by atoms with Gasteiger partial charge in [-0.05, 0) is 24.6 Å². The lowest BCUT2D eigenvalue weighted by molar-refractivity contribution is 0.549. The maximum absolute atomic E-state index is 13.2. The number of rotatable bonds is 3. The van der Waals surface area contributed by atoms with E-state index in [1.165, 1.54) is 6.92 Å². The Morgan fingerprint density at radius 2 is 2.06 bits per heavy atom. The minimum absolute atomic E-state index is 0.0226. The van der Waals surface area contributed by atoms with Crippen LogP contribution in [0.4, 0.5) is 8.78 Å². The lowest BCUT2D eigenvalue weighted by Gasteiger charge is -2.09.